The summed E-state index contributed by atoms with van der Waals surface area (Å²) in [4.78, 5) is 0. The molecule has 0 aromatic rings. The van der Waals surface area contributed by atoms with Gasteiger partial charge in [0.2, 0.25) is 0 Å². The van der Waals surface area contributed by atoms with Crippen molar-refractivity contribution in [2.45, 2.75) is 66.5 Å². The van der Waals surface area contributed by atoms with Crippen LogP contribution >= 0.6 is 0 Å². The summed E-state index contributed by atoms with van der Waals surface area (Å²) in [5.74, 6) is -0.379. The lowest BCUT2D eigenvalue weighted by molar-refractivity contribution is -0.199. The topological polar surface area (TPSA) is 21.3 Å². The first-order valence-electron chi connectivity index (χ1n) is 8.61. The van der Waals surface area contributed by atoms with Crippen LogP contribution in [0.5, 0.6) is 0 Å². The second-order valence-electron chi connectivity index (χ2n) is 6.51. The third-order valence-electron chi connectivity index (χ3n) is 4.76. The second kappa shape index (κ2) is 10.5. The van der Waals surface area contributed by atoms with Gasteiger partial charge in [-0.2, -0.15) is 13.2 Å². The van der Waals surface area contributed by atoms with Crippen LogP contribution in [0.15, 0.2) is 0 Å². The van der Waals surface area contributed by atoms with Crippen molar-refractivity contribution in [1.29, 1.82) is 0 Å². The van der Waals surface area contributed by atoms with Crippen molar-refractivity contribution in [3.8, 4) is 0 Å². The Kier molecular flexibility index (Phi) is 10.3. The van der Waals surface area contributed by atoms with Crippen LogP contribution < -0.4 is 5.32 Å². The van der Waals surface area contributed by atoms with Crippen LogP contribution in [0.3, 0.4) is 0 Å². The summed E-state index contributed by atoms with van der Waals surface area (Å²) in [6.07, 6.45) is -0.594. The molecule has 2 fully saturated rings. The van der Waals surface area contributed by atoms with E-state index in [2.05, 4.69) is 30.8 Å². The molecule has 0 aromatic heterocycles. The first-order valence-corrected chi connectivity index (χ1v) is 8.61. The zero-order chi connectivity index (χ0) is 17.2. The third-order valence-corrected chi connectivity index (χ3v) is 4.76. The smallest absolute Gasteiger partial charge is 0.381 e. The standard InChI is InChI=1S/C9H19N.C6H9F3O.C2H6/c1-8(2)9(3)4-6-10-7-5-9;7-6(8,9)5-2-1-3-10-4-5;1-2/h8,10H,4-7H2,1-3H3;5H,1-4H2;1-2H3. The Hall–Kier alpha value is -0.290. The molecule has 2 heterocycles. The molecular weight excluding hydrogens is 291 g/mol. The molecule has 0 aromatic carbocycles. The minimum absolute atomic E-state index is 0.149. The van der Waals surface area contributed by atoms with Gasteiger partial charge in [0.25, 0.3) is 0 Å². The summed E-state index contributed by atoms with van der Waals surface area (Å²) in [5, 5.41) is 3.39. The molecule has 22 heavy (non-hydrogen) atoms. The molecule has 1 unspecified atom stereocenters. The van der Waals surface area contributed by atoms with Gasteiger partial charge in [-0.3, -0.25) is 0 Å². The van der Waals surface area contributed by atoms with Crippen molar-refractivity contribution < 1.29 is 17.9 Å². The van der Waals surface area contributed by atoms with Crippen LogP contribution in [0.25, 0.3) is 0 Å². The van der Waals surface area contributed by atoms with E-state index >= 15 is 0 Å². The SMILES string of the molecule is CC.CC(C)C1(C)CCNCC1.FC(F)(F)C1CCCOC1. The van der Waals surface area contributed by atoms with Gasteiger partial charge in [0.15, 0.2) is 0 Å². The molecule has 2 aliphatic heterocycles. The predicted molar refractivity (Wildman–Crippen MR) is 86.0 cm³/mol. The number of rotatable bonds is 1. The van der Waals surface area contributed by atoms with Crippen LogP contribution in [0.1, 0.15) is 60.3 Å². The maximum absolute atomic E-state index is 11.9. The fourth-order valence-corrected chi connectivity index (χ4v) is 2.57. The minimum atomic E-state index is -4.06. The molecule has 0 spiro atoms. The van der Waals surface area contributed by atoms with Gasteiger partial charge < -0.3 is 10.1 Å². The van der Waals surface area contributed by atoms with Crippen LogP contribution in [0, 0.1) is 17.3 Å². The highest BCUT2D eigenvalue weighted by Gasteiger charge is 2.40. The third kappa shape index (κ3) is 7.82. The van der Waals surface area contributed by atoms with E-state index in [0.717, 1.165) is 5.92 Å². The van der Waals surface area contributed by atoms with Gasteiger partial charge in [0.1, 0.15) is 0 Å². The van der Waals surface area contributed by atoms with Gasteiger partial charge in [-0.1, -0.05) is 34.6 Å². The first-order chi connectivity index (χ1) is 10.3. The lowest BCUT2D eigenvalue weighted by atomic mass is 9.72. The highest BCUT2D eigenvalue weighted by molar-refractivity contribution is 4.82. The average molecular weight is 325 g/mol. The lowest BCUT2D eigenvalue weighted by Crippen LogP contribution is -2.37. The zero-order valence-electron chi connectivity index (χ0n) is 14.9. The van der Waals surface area contributed by atoms with E-state index in [1.807, 2.05) is 13.8 Å². The molecule has 2 rings (SSSR count). The van der Waals surface area contributed by atoms with Gasteiger partial charge in [-0.05, 0) is 50.1 Å². The Morgan fingerprint density at radius 2 is 1.68 bits per heavy atom. The molecule has 1 atom stereocenters. The number of piperidine rings is 1. The Morgan fingerprint density at radius 1 is 1.14 bits per heavy atom. The number of ether oxygens (including phenoxy) is 1. The normalized spacial score (nSPS) is 24.7. The Balaban J connectivity index is 0.000000360. The number of alkyl halides is 3. The molecule has 2 nitrogen and oxygen atoms in total. The van der Waals surface area contributed by atoms with Crippen molar-refractivity contribution in [2.24, 2.45) is 17.3 Å². The molecule has 0 radical (unpaired) electrons. The highest BCUT2D eigenvalue weighted by Crippen LogP contribution is 2.35. The van der Waals surface area contributed by atoms with Gasteiger partial charge in [0, 0.05) is 6.61 Å². The molecular formula is C17H34F3NO. The molecule has 0 amide bonds. The fraction of sp³-hybridized carbons (Fsp3) is 1.00. The maximum Gasteiger partial charge on any atom is 0.394 e. The Bertz CT molecular complexity index is 268. The summed E-state index contributed by atoms with van der Waals surface area (Å²) < 4.78 is 40.3. The lowest BCUT2D eigenvalue weighted by Gasteiger charge is -2.37. The van der Waals surface area contributed by atoms with Crippen LogP contribution in [0.4, 0.5) is 13.2 Å². The average Bonchev–Trinajstić information content (AvgIpc) is 2.51. The molecule has 5 heteroatoms. The number of hydrogen-bond donors (Lipinski definition) is 1. The fourth-order valence-electron chi connectivity index (χ4n) is 2.57. The van der Waals surface area contributed by atoms with E-state index in [1.165, 1.54) is 25.9 Å². The van der Waals surface area contributed by atoms with E-state index in [-0.39, 0.29) is 13.0 Å². The molecule has 2 aliphatic rings. The van der Waals surface area contributed by atoms with Crippen molar-refractivity contribution in [3.63, 3.8) is 0 Å². The Morgan fingerprint density at radius 3 is 1.95 bits per heavy atom. The molecule has 134 valence electrons. The van der Waals surface area contributed by atoms with Gasteiger partial charge in [-0.25, -0.2) is 0 Å². The monoisotopic (exact) mass is 325 g/mol. The zero-order valence-corrected chi connectivity index (χ0v) is 14.9. The number of hydrogen-bond acceptors (Lipinski definition) is 2. The Labute approximate surface area is 134 Å². The van der Waals surface area contributed by atoms with E-state index in [0.29, 0.717) is 18.4 Å². The van der Waals surface area contributed by atoms with Crippen LogP contribution in [-0.2, 0) is 4.74 Å². The minimum Gasteiger partial charge on any atom is -0.381 e. The maximum atomic E-state index is 11.9. The second-order valence-corrected chi connectivity index (χ2v) is 6.51. The quantitative estimate of drug-likeness (QED) is 0.730. The summed E-state index contributed by atoms with van der Waals surface area (Å²) in [6.45, 7) is 13.9. The van der Waals surface area contributed by atoms with Gasteiger partial charge in [0.05, 0.1) is 12.5 Å². The van der Waals surface area contributed by atoms with Crippen molar-refractivity contribution in [2.75, 3.05) is 26.3 Å². The van der Waals surface area contributed by atoms with Crippen LogP contribution in [0.2, 0.25) is 0 Å². The van der Waals surface area contributed by atoms with Crippen molar-refractivity contribution in [3.05, 3.63) is 0 Å². The molecule has 1 N–H and O–H groups in total. The largest absolute Gasteiger partial charge is 0.394 e. The van der Waals surface area contributed by atoms with E-state index in [4.69, 9.17) is 0 Å². The van der Waals surface area contributed by atoms with E-state index in [1.54, 1.807) is 0 Å². The summed E-state index contributed by atoms with van der Waals surface area (Å²) >= 11 is 0. The predicted octanol–water partition coefficient (Wildman–Crippen LogP) is 5.03. The highest BCUT2D eigenvalue weighted by atomic mass is 19.4. The molecule has 2 saturated heterocycles. The molecule has 0 saturated carbocycles. The first kappa shape index (κ1) is 21.7. The van der Waals surface area contributed by atoms with E-state index in [9.17, 15) is 13.2 Å². The molecule has 0 aliphatic carbocycles. The summed E-state index contributed by atoms with van der Waals surface area (Å²) in [6, 6.07) is 0. The molecule has 0 bridgehead atoms. The number of halogens is 3. The van der Waals surface area contributed by atoms with Gasteiger partial charge >= 0.3 is 6.18 Å². The van der Waals surface area contributed by atoms with Gasteiger partial charge in [-0.15, -0.1) is 0 Å². The van der Waals surface area contributed by atoms with Crippen LogP contribution in [-0.4, -0.2) is 32.5 Å². The summed E-state index contributed by atoms with van der Waals surface area (Å²) in [5.41, 5.74) is 0.616. The van der Waals surface area contributed by atoms with Crippen molar-refractivity contribution in [1.82, 2.24) is 5.32 Å². The summed E-state index contributed by atoms with van der Waals surface area (Å²) in [7, 11) is 0. The van der Waals surface area contributed by atoms with E-state index < -0.39 is 12.1 Å². The number of nitrogens with one attached hydrogen (secondary N) is 1. The van der Waals surface area contributed by atoms with Crippen molar-refractivity contribution >= 4 is 0 Å².